The molecule has 2 unspecified atom stereocenters. The van der Waals surface area contributed by atoms with E-state index < -0.39 is 0 Å². The highest BCUT2D eigenvalue weighted by Gasteiger charge is 2.26. The molecule has 1 aliphatic carbocycles. The monoisotopic (exact) mass is 252 g/mol. The lowest BCUT2D eigenvalue weighted by Crippen LogP contribution is -2.43. The highest BCUT2D eigenvalue weighted by Crippen LogP contribution is 2.28. The summed E-state index contributed by atoms with van der Waals surface area (Å²) in [5, 5.41) is 3.49. The van der Waals surface area contributed by atoms with Crippen LogP contribution in [0.4, 0.5) is 0 Å². The molecule has 2 nitrogen and oxygen atoms in total. The smallest absolute Gasteiger partial charge is 0.00979 e. The molecule has 2 atom stereocenters. The molecule has 0 aromatic carbocycles. The van der Waals surface area contributed by atoms with Crippen LogP contribution < -0.4 is 5.32 Å². The molecule has 0 spiro atoms. The van der Waals surface area contributed by atoms with E-state index in [1.165, 1.54) is 71.1 Å². The topological polar surface area (TPSA) is 15.3 Å². The first-order valence-electron chi connectivity index (χ1n) is 8.24. The van der Waals surface area contributed by atoms with Gasteiger partial charge in [-0.1, -0.05) is 26.7 Å². The quantitative estimate of drug-likeness (QED) is 0.808. The lowest BCUT2D eigenvalue weighted by Gasteiger charge is -2.39. The summed E-state index contributed by atoms with van der Waals surface area (Å²) in [5.41, 5.74) is 0. The van der Waals surface area contributed by atoms with E-state index in [4.69, 9.17) is 0 Å². The summed E-state index contributed by atoms with van der Waals surface area (Å²) in [5.74, 6) is 1.91. The molecule has 0 aromatic heterocycles. The van der Waals surface area contributed by atoms with Crippen LogP contribution in [0.1, 0.15) is 58.8 Å². The van der Waals surface area contributed by atoms with Crippen LogP contribution in [0.2, 0.25) is 0 Å². The maximum absolute atomic E-state index is 3.49. The van der Waals surface area contributed by atoms with Gasteiger partial charge in [0.25, 0.3) is 0 Å². The molecule has 1 saturated carbocycles. The fourth-order valence-electron chi connectivity index (χ4n) is 3.84. The average molecular weight is 252 g/mol. The van der Waals surface area contributed by atoms with Crippen LogP contribution in [0.3, 0.4) is 0 Å². The maximum atomic E-state index is 3.49. The second-order valence-corrected chi connectivity index (χ2v) is 6.61. The molecule has 0 bridgehead atoms. The van der Waals surface area contributed by atoms with Crippen molar-refractivity contribution < 1.29 is 0 Å². The summed E-state index contributed by atoms with van der Waals surface area (Å²) in [4.78, 5) is 2.84. The Balaban J connectivity index is 1.85. The van der Waals surface area contributed by atoms with Gasteiger partial charge in [-0.2, -0.15) is 0 Å². The second kappa shape index (κ2) is 7.49. The van der Waals surface area contributed by atoms with Gasteiger partial charge < -0.3 is 10.2 Å². The van der Waals surface area contributed by atoms with Crippen molar-refractivity contribution in [3.8, 4) is 0 Å². The van der Waals surface area contributed by atoms with Crippen LogP contribution >= 0.6 is 0 Å². The second-order valence-electron chi connectivity index (χ2n) is 6.61. The van der Waals surface area contributed by atoms with E-state index in [-0.39, 0.29) is 0 Å². The van der Waals surface area contributed by atoms with Gasteiger partial charge in [-0.15, -0.1) is 0 Å². The first kappa shape index (κ1) is 14.3. The van der Waals surface area contributed by atoms with E-state index >= 15 is 0 Å². The van der Waals surface area contributed by atoms with Crippen LogP contribution in [0.5, 0.6) is 0 Å². The summed E-state index contributed by atoms with van der Waals surface area (Å²) >= 11 is 0. The number of rotatable bonds is 5. The molecule has 1 N–H and O–H groups in total. The molecule has 2 fully saturated rings. The highest BCUT2D eigenvalue weighted by atomic mass is 15.2. The Morgan fingerprint density at radius 3 is 2.56 bits per heavy atom. The maximum Gasteiger partial charge on any atom is 0.00979 e. The molecule has 2 rings (SSSR count). The highest BCUT2D eigenvalue weighted by molar-refractivity contribution is 4.81. The Morgan fingerprint density at radius 1 is 1.11 bits per heavy atom. The van der Waals surface area contributed by atoms with E-state index in [1.54, 1.807) is 0 Å². The zero-order valence-corrected chi connectivity index (χ0v) is 12.5. The van der Waals surface area contributed by atoms with Crippen molar-refractivity contribution in [3.05, 3.63) is 0 Å². The molecule has 0 aromatic rings. The van der Waals surface area contributed by atoms with Crippen molar-refractivity contribution in [1.82, 2.24) is 10.2 Å². The lowest BCUT2D eigenvalue weighted by atomic mass is 9.85. The minimum Gasteiger partial charge on any atom is -0.317 e. The Bertz CT molecular complexity index is 223. The van der Waals surface area contributed by atoms with Crippen molar-refractivity contribution in [2.45, 2.75) is 64.8 Å². The summed E-state index contributed by atoms with van der Waals surface area (Å²) in [6.07, 6.45) is 9.92. The predicted octanol–water partition coefficient (Wildman–Crippen LogP) is 3.28. The van der Waals surface area contributed by atoms with Crippen molar-refractivity contribution in [2.24, 2.45) is 11.8 Å². The van der Waals surface area contributed by atoms with Gasteiger partial charge in [0.05, 0.1) is 0 Å². The van der Waals surface area contributed by atoms with E-state index in [1.807, 2.05) is 0 Å². The van der Waals surface area contributed by atoms with Crippen LogP contribution in [-0.2, 0) is 0 Å². The molecule has 18 heavy (non-hydrogen) atoms. The molecular weight excluding hydrogens is 220 g/mol. The zero-order chi connectivity index (χ0) is 12.8. The van der Waals surface area contributed by atoms with Gasteiger partial charge in [0.1, 0.15) is 0 Å². The summed E-state index contributed by atoms with van der Waals surface area (Å²) in [6, 6.07) is 0.892. The van der Waals surface area contributed by atoms with Crippen LogP contribution in [0.15, 0.2) is 0 Å². The van der Waals surface area contributed by atoms with E-state index in [0.29, 0.717) is 0 Å². The Labute approximate surface area is 114 Å². The zero-order valence-electron chi connectivity index (χ0n) is 12.5. The SMILES string of the molecule is CCCN(CC1CCNCC1)C1CCCC(C)C1. The Kier molecular flexibility index (Phi) is 5.97. The number of hydrogen-bond acceptors (Lipinski definition) is 2. The van der Waals surface area contributed by atoms with Gasteiger partial charge in [-0.05, 0) is 63.6 Å². The van der Waals surface area contributed by atoms with Crippen LogP contribution in [-0.4, -0.2) is 37.1 Å². The average Bonchev–Trinajstić information content (AvgIpc) is 2.39. The number of nitrogens with one attached hydrogen (secondary N) is 1. The standard InChI is InChI=1S/C16H32N2/c1-3-11-18(13-15-7-9-17-10-8-15)16-6-4-5-14(2)12-16/h14-17H,3-13H2,1-2H3. The Hall–Kier alpha value is -0.0800. The predicted molar refractivity (Wildman–Crippen MR) is 78.9 cm³/mol. The molecule has 1 aliphatic heterocycles. The van der Waals surface area contributed by atoms with Crippen molar-refractivity contribution in [2.75, 3.05) is 26.2 Å². The van der Waals surface area contributed by atoms with Crippen molar-refractivity contribution in [3.63, 3.8) is 0 Å². The van der Waals surface area contributed by atoms with E-state index in [0.717, 1.165) is 17.9 Å². The number of piperidine rings is 1. The minimum atomic E-state index is 0.892. The van der Waals surface area contributed by atoms with Crippen LogP contribution in [0, 0.1) is 11.8 Å². The van der Waals surface area contributed by atoms with Gasteiger partial charge in [0, 0.05) is 12.6 Å². The van der Waals surface area contributed by atoms with Crippen molar-refractivity contribution in [1.29, 1.82) is 0 Å². The first-order chi connectivity index (χ1) is 8.79. The van der Waals surface area contributed by atoms with Gasteiger partial charge in [0.15, 0.2) is 0 Å². The third-order valence-electron chi connectivity index (χ3n) is 4.89. The Morgan fingerprint density at radius 2 is 1.89 bits per heavy atom. The molecule has 0 amide bonds. The fraction of sp³-hybridized carbons (Fsp3) is 1.00. The molecule has 1 saturated heterocycles. The summed E-state index contributed by atoms with van der Waals surface area (Å²) in [7, 11) is 0. The van der Waals surface area contributed by atoms with Gasteiger partial charge in [-0.25, -0.2) is 0 Å². The number of nitrogens with zero attached hydrogens (tertiary/aromatic N) is 1. The normalized spacial score (nSPS) is 30.8. The molecule has 2 heteroatoms. The molecule has 2 aliphatic rings. The number of hydrogen-bond donors (Lipinski definition) is 1. The van der Waals surface area contributed by atoms with Crippen LogP contribution in [0.25, 0.3) is 0 Å². The third kappa shape index (κ3) is 4.24. The lowest BCUT2D eigenvalue weighted by molar-refractivity contribution is 0.107. The fourth-order valence-corrected chi connectivity index (χ4v) is 3.84. The summed E-state index contributed by atoms with van der Waals surface area (Å²) < 4.78 is 0. The van der Waals surface area contributed by atoms with Gasteiger partial charge >= 0.3 is 0 Å². The molecule has 0 radical (unpaired) electrons. The van der Waals surface area contributed by atoms with Gasteiger partial charge in [-0.3, -0.25) is 0 Å². The van der Waals surface area contributed by atoms with E-state index in [2.05, 4.69) is 24.1 Å². The first-order valence-corrected chi connectivity index (χ1v) is 8.24. The third-order valence-corrected chi connectivity index (χ3v) is 4.89. The largest absolute Gasteiger partial charge is 0.317 e. The van der Waals surface area contributed by atoms with Crippen molar-refractivity contribution >= 4 is 0 Å². The minimum absolute atomic E-state index is 0.892. The summed E-state index contributed by atoms with van der Waals surface area (Å²) in [6.45, 7) is 9.95. The van der Waals surface area contributed by atoms with Gasteiger partial charge in [0.2, 0.25) is 0 Å². The molecule has 1 heterocycles. The molecule has 106 valence electrons. The molecular formula is C16H32N2. The van der Waals surface area contributed by atoms with E-state index in [9.17, 15) is 0 Å².